The van der Waals surface area contributed by atoms with Gasteiger partial charge in [-0.25, -0.2) is 0 Å². The van der Waals surface area contributed by atoms with E-state index in [-0.39, 0.29) is 11.9 Å². The van der Waals surface area contributed by atoms with Crippen molar-refractivity contribution in [2.45, 2.75) is 39.9 Å². The highest BCUT2D eigenvalue weighted by Gasteiger charge is 2.18. The molecule has 3 nitrogen and oxygen atoms in total. The normalized spacial score (nSPS) is 12.2. The van der Waals surface area contributed by atoms with Crippen molar-refractivity contribution in [3.8, 4) is 0 Å². The number of nitrogens with zero attached hydrogens (tertiary/aromatic N) is 1. The Hall–Kier alpha value is -2.13. The number of carbonyl (C=O) groups is 1. The topological polar surface area (TPSA) is 32.3 Å². The predicted octanol–water partition coefficient (Wildman–Crippen LogP) is 3.44. The quantitative estimate of drug-likeness (QED) is 0.886. The molecule has 0 saturated heterocycles. The molecule has 0 aliphatic heterocycles. The molecule has 1 amide bonds. The first-order valence-electron chi connectivity index (χ1n) is 8.05. The Kier molecular flexibility index (Phi) is 5.94. The van der Waals surface area contributed by atoms with E-state index < -0.39 is 0 Å². The molecule has 1 atom stereocenters. The number of aryl methyl sites for hydroxylation is 2. The van der Waals surface area contributed by atoms with Crippen LogP contribution in [0, 0.1) is 13.8 Å². The van der Waals surface area contributed by atoms with Gasteiger partial charge in [0.1, 0.15) is 0 Å². The minimum Gasteiger partial charge on any atom is -0.351 e. The minimum absolute atomic E-state index is 0.0571. The standard InChI is InChI=1S/C20H26N2O/c1-15-9-11-18(12-10-15)13-21-20(23)17(3)22(4)14-19-8-6-5-7-16(19)2/h5-12,17H,13-14H2,1-4H3,(H,21,23). The number of rotatable bonds is 6. The van der Waals surface area contributed by atoms with Gasteiger partial charge in [-0.15, -0.1) is 0 Å². The molecule has 0 spiro atoms. The van der Waals surface area contributed by atoms with E-state index in [9.17, 15) is 4.79 Å². The number of hydrogen-bond acceptors (Lipinski definition) is 2. The first-order chi connectivity index (χ1) is 11.0. The Morgan fingerprint density at radius 2 is 1.74 bits per heavy atom. The number of amides is 1. The summed E-state index contributed by atoms with van der Waals surface area (Å²) < 4.78 is 0. The second kappa shape index (κ2) is 7.93. The summed E-state index contributed by atoms with van der Waals surface area (Å²) in [7, 11) is 1.99. The van der Waals surface area contributed by atoms with Crippen LogP contribution in [-0.2, 0) is 17.9 Å². The van der Waals surface area contributed by atoms with Gasteiger partial charge < -0.3 is 5.32 Å². The highest BCUT2D eigenvalue weighted by molar-refractivity contribution is 5.81. The van der Waals surface area contributed by atoms with E-state index in [0.29, 0.717) is 6.54 Å². The van der Waals surface area contributed by atoms with E-state index in [0.717, 1.165) is 12.1 Å². The maximum atomic E-state index is 12.3. The van der Waals surface area contributed by atoms with E-state index in [1.807, 2.05) is 26.1 Å². The smallest absolute Gasteiger partial charge is 0.237 e. The highest BCUT2D eigenvalue weighted by atomic mass is 16.2. The van der Waals surface area contributed by atoms with Gasteiger partial charge in [0, 0.05) is 13.1 Å². The van der Waals surface area contributed by atoms with E-state index in [1.165, 1.54) is 16.7 Å². The molecule has 0 radical (unpaired) electrons. The van der Waals surface area contributed by atoms with E-state index in [4.69, 9.17) is 0 Å². The Morgan fingerprint density at radius 1 is 1.09 bits per heavy atom. The van der Waals surface area contributed by atoms with Gasteiger partial charge in [-0.1, -0.05) is 54.1 Å². The zero-order valence-corrected chi connectivity index (χ0v) is 14.5. The average Bonchev–Trinajstić information content (AvgIpc) is 2.55. The molecule has 2 rings (SSSR count). The molecule has 3 heteroatoms. The fraction of sp³-hybridized carbons (Fsp3) is 0.350. The molecule has 23 heavy (non-hydrogen) atoms. The molecule has 2 aromatic carbocycles. The van der Waals surface area contributed by atoms with Crippen LogP contribution < -0.4 is 5.32 Å². The molecule has 0 saturated carbocycles. The number of carbonyl (C=O) groups excluding carboxylic acids is 1. The zero-order chi connectivity index (χ0) is 16.8. The Bertz CT molecular complexity index is 649. The molecule has 122 valence electrons. The summed E-state index contributed by atoms with van der Waals surface area (Å²) in [5, 5.41) is 3.02. The number of benzene rings is 2. The molecular formula is C20H26N2O. The van der Waals surface area contributed by atoms with Crippen LogP contribution in [-0.4, -0.2) is 23.9 Å². The van der Waals surface area contributed by atoms with Crippen LogP contribution in [0.1, 0.15) is 29.2 Å². The molecular weight excluding hydrogens is 284 g/mol. The van der Waals surface area contributed by atoms with E-state index in [2.05, 4.69) is 60.5 Å². The third kappa shape index (κ3) is 4.93. The number of likely N-dealkylation sites (N-methyl/N-ethyl adjacent to an activating group) is 1. The van der Waals surface area contributed by atoms with Crippen LogP contribution in [0.15, 0.2) is 48.5 Å². The minimum atomic E-state index is -0.167. The summed E-state index contributed by atoms with van der Waals surface area (Å²) in [4.78, 5) is 14.4. The Balaban J connectivity index is 1.88. The van der Waals surface area contributed by atoms with Gasteiger partial charge in [-0.3, -0.25) is 9.69 Å². The third-order valence-corrected chi connectivity index (χ3v) is 4.31. The molecule has 0 heterocycles. The van der Waals surface area contributed by atoms with Gasteiger partial charge in [0.05, 0.1) is 6.04 Å². The van der Waals surface area contributed by atoms with Crippen molar-refractivity contribution in [2.24, 2.45) is 0 Å². The van der Waals surface area contributed by atoms with Crippen LogP contribution >= 0.6 is 0 Å². The number of nitrogens with one attached hydrogen (secondary N) is 1. The molecule has 0 aromatic heterocycles. The van der Waals surface area contributed by atoms with Crippen molar-refractivity contribution in [1.82, 2.24) is 10.2 Å². The van der Waals surface area contributed by atoms with Gasteiger partial charge in [0.2, 0.25) is 5.91 Å². The van der Waals surface area contributed by atoms with Crippen LogP contribution in [0.2, 0.25) is 0 Å². The van der Waals surface area contributed by atoms with Crippen LogP contribution in [0.25, 0.3) is 0 Å². The SMILES string of the molecule is Cc1ccc(CNC(=O)C(C)N(C)Cc2ccccc2C)cc1. The van der Waals surface area contributed by atoms with Gasteiger partial charge >= 0.3 is 0 Å². The van der Waals surface area contributed by atoms with Gasteiger partial charge in [0.15, 0.2) is 0 Å². The van der Waals surface area contributed by atoms with Crippen molar-refractivity contribution in [3.63, 3.8) is 0 Å². The van der Waals surface area contributed by atoms with Crippen molar-refractivity contribution in [1.29, 1.82) is 0 Å². The van der Waals surface area contributed by atoms with Gasteiger partial charge in [-0.2, -0.15) is 0 Å². The lowest BCUT2D eigenvalue weighted by molar-refractivity contribution is -0.125. The molecule has 0 fully saturated rings. The number of hydrogen-bond donors (Lipinski definition) is 1. The fourth-order valence-corrected chi connectivity index (χ4v) is 2.44. The van der Waals surface area contributed by atoms with Crippen LogP contribution in [0.5, 0.6) is 0 Å². The highest BCUT2D eigenvalue weighted by Crippen LogP contribution is 2.11. The lowest BCUT2D eigenvalue weighted by Gasteiger charge is -2.24. The second-order valence-corrected chi connectivity index (χ2v) is 6.22. The zero-order valence-electron chi connectivity index (χ0n) is 14.5. The Morgan fingerprint density at radius 3 is 2.39 bits per heavy atom. The largest absolute Gasteiger partial charge is 0.351 e. The summed E-state index contributed by atoms with van der Waals surface area (Å²) in [6.07, 6.45) is 0. The van der Waals surface area contributed by atoms with E-state index >= 15 is 0 Å². The molecule has 1 unspecified atom stereocenters. The first kappa shape index (κ1) is 17.2. The summed E-state index contributed by atoms with van der Waals surface area (Å²) in [6, 6.07) is 16.4. The van der Waals surface area contributed by atoms with Gasteiger partial charge in [0.25, 0.3) is 0 Å². The monoisotopic (exact) mass is 310 g/mol. The Labute approximate surface area is 139 Å². The van der Waals surface area contributed by atoms with Crippen molar-refractivity contribution in [2.75, 3.05) is 7.05 Å². The second-order valence-electron chi connectivity index (χ2n) is 6.22. The molecule has 0 aliphatic carbocycles. The summed E-state index contributed by atoms with van der Waals surface area (Å²) in [6.45, 7) is 7.45. The maximum absolute atomic E-state index is 12.3. The predicted molar refractivity (Wildman–Crippen MR) is 95.1 cm³/mol. The first-order valence-corrected chi connectivity index (χ1v) is 8.05. The average molecular weight is 310 g/mol. The lowest BCUT2D eigenvalue weighted by atomic mass is 10.1. The van der Waals surface area contributed by atoms with Gasteiger partial charge in [-0.05, 0) is 44.5 Å². The summed E-state index contributed by atoms with van der Waals surface area (Å²) in [5.74, 6) is 0.0571. The molecule has 1 N–H and O–H groups in total. The van der Waals surface area contributed by atoms with Crippen LogP contribution in [0.3, 0.4) is 0 Å². The summed E-state index contributed by atoms with van der Waals surface area (Å²) >= 11 is 0. The molecule has 2 aromatic rings. The fourth-order valence-electron chi connectivity index (χ4n) is 2.44. The maximum Gasteiger partial charge on any atom is 0.237 e. The van der Waals surface area contributed by atoms with E-state index in [1.54, 1.807) is 0 Å². The van der Waals surface area contributed by atoms with Crippen LogP contribution in [0.4, 0.5) is 0 Å². The van der Waals surface area contributed by atoms with Crippen molar-refractivity contribution < 1.29 is 4.79 Å². The molecule has 0 bridgehead atoms. The van der Waals surface area contributed by atoms with Crippen molar-refractivity contribution >= 4 is 5.91 Å². The van der Waals surface area contributed by atoms with Crippen molar-refractivity contribution in [3.05, 3.63) is 70.8 Å². The molecule has 0 aliphatic rings. The summed E-state index contributed by atoms with van der Waals surface area (Å²) in [5.41, 5.74) is 4.86. The lowest BCUT2D eigenvalue weighted by Crippen LogP contribution is -2.42. The third-order valence-electron chi connectivity index (χ3n) is 4.31.